The van der Waals surface area contributed by atoms with Crippen LogP contribution >= 0.6 is 11.6 Å². The Morgan fingerprint density at radius 1 is 1.40 bits per heavy atom. The van der Waals surface area contributed by atoms with Gasteiger partial charge in [-0.2, -0.15) is 0 Å². The third kappa shape index (κ3) is 6.18. The van der Waals surface area contributed by atoms with Crippen molar-refractivity contribution in [1.82, 2.24) is 4.90 Å². The largest absolute Gasteiger partial charge is 0.469 e. The normalized spacial score (nSPS) is 18.3. The number of carbonyl (C=O) groups excluding carboxylic acids is 2. The fourth-order valence-corrected chi connectivity index (χ4v) is 2.87. The molecule has 0 radical (unpaired) electrons. The Balaban J connectivity index is 2.04. The van der Waals surface area contributed by atoms with E-state index in [2.05, 4.69) is 0 Å². The molecule has 2 atom stereocenters. The standard InChI is InChI=1S/C19H24ClNO4/c1-14(19(23)24-2)12-21(13-17-4-3-11-25-17)18(22)10-7-15-5-8-16(20)9-6-15/h5-10,14,17H,3-4,11-13H2,1-2H3/b10-7+. The summed E-state index contributed by atoms with van der Waals surface area (Å²) in [5.74, 6) is -0.868. The van der Waals surface area contributed by atoms with Crippen molar-refractivity contribution < 1.29 is 19.1 Å². The quantitative estimate of drug-likeness (QED) is 0.550. The van der Waals surface area contributed by atoms with Gasteiger partial charge in [0.05, 0.1) is 19.1 Å². The molecular weight excluding hydrogens is 342 g/mol. The second kappa shape index (κ2) is 9.59. The van der Waals surface area contributed by atoms with Gasteiger partial charge >= 0.3 is 5.97 Å². The monoisotopic (exact) mass is 365 g/mol. The lowest BCUT2D eigenvalue weighted by Gasteiger charge is -2.26. The highest BCUT2D eigenvalue weighted by Gasteiger charge is 2.25. The first-order valence-corrected chi connectivity index (χ1v) is 8.79. The number of hydrogen-bond donors (Lipinski definition) is 0. The maximum absolute atomic E-state index is 12.6. The summed E-state index contributed by atoms with van der Waals surface area (Å²) in [6.45, 7) is 3.26. The van der Waals surface area contributed by atoms with Crippen molar-refractivity contribution >= 4 is 29.6 Å². The molecule has 0 N–H and O–H groups in total. The molecule has 1 aromatic rings. The van der Waals surface area contributed by atoms with Gasteiger partial charge in [-0.05, 0) is 36.6 Å². The average Bonchev–Trinajstić information content (AvgIpc) is 3.12. The van der Waals surface area contributed by atoms with Gasteiger partial charge in [-0.1, -0.05) is 30.7 Å². The maximum Gasteiger partial charge on any atom is 0.310 e. The summed E-state index contributed by atoms with van der Waals surface area (Å²) < 4.78 is 10.4. The van der Waals surface area contributed by atoms with Crippen molar-refractivity contribution in [1.29, 1.82) is 0 Å². The Labute approximate surface area is 153 Å². The van der Waals surface area contributed by atoms with Crippen molar-refractivity contribution in [3.63, 3.8) is 0 Å². The van der Waals surface area contributed by atoms with Crippen LogP contribution in [-0.2, 0) is 19.1 Å². The van der Waals surface area contributed by atoms with Gasteiger partial charge in [0.1, 0.15) is 0 Å². The van der Waals surface area contributed by atoms with Crippen molar-refractivity contribution in [3.05, 3.63) is 40.9 Å². The molecule has 2 unspecified atom stereocenters. The number of rotatable bonds is 7. The minimum Gasteiger partial charge on any atom is -0.469 e. The molecule has 0 saturated carbocycles. The molecule has 1 aromatic carbocycles. The molecule has 0 aliphatic carbocycles. The molecule has 1 amide bonds. The molecule has 1 fully saturated rings. The van der Waals surface area contributed by atoms with Gasteiger partial charge in [-0.3, -0.25) is 9.59 Å². The summed E-state index contributed by atoms with van der Waals surface area (Å²) in [5, 5.41) is 0.649. The van der Waals surface area contributed by atoms with Crippen LogP contribution in [0.1, 0.15) is 25.3 Å². The van der Waals surface area contributed by atoms with Crippen molar-refractivity contribution in [2.45, 2.75) is 25.9 Å². The van der Waals surface area contributed by atoms with Crippen LogP contribution < -0.4 is 0 Å². The number of halogens is 1. The highest BCUT2D eigenvalue weighted by molar-refractivity contribution is 6.30. The highest BCUT2D eigenvalue weighted by atomic mass is 35.5. The molecule has 1 aliphatic heterocycles. The summed E-state index contributed by atoms with van der Waals surface area (Å²) in [4.78, 5) is 26.0. The smallest absolute Gasteiger partial charge is 0.310 e. The molecule has 136 valence electrons. The SMILES string of the molecule is COC(=O)C(C)CN(CC1CCCO1)C(=O)/C=C/c1ccc(Cl)cc1. The van der Waals surface area contributed by atoms with Gasteiger partial charge in [-0.25, -0.2) is 0 Å². The van der Waals surface area contributed by atoms with E-state index in [0.717, 1.165) is 25.0 Å². The molecule has 2 rings (SSSR count). The molecule has 0 bridgehead atoms. The van der Waals surface area contributed by atoms with E-state index in [9.17, 15) is 9.59 Å². The van der Waals surface area contributed by atoms with Crippen molar-refractivity contribution in [2.75, 3.05) is 26.8 Å². The molecule has 0 aromatic heterocycles. The third-order valence-electron chi connectivity index (χ3n) is 4.15. The van der Waals surface area contributed by atoms with Crippen LogP contribution in [0, 0.1) is 5.92 Å². The highest BCUT2D eigenvalue weighted by Crippen LogP contribution is 2.16. The van der Waals surface area contributed by atoms with E-state index in [1.165, 1.54) is 13.2 Å². The minimum absolute atomic E-state index is 0.0257. The van der Waals surface area contributed by atoms with Gasteiger partial charge in [0.2, 0.25) is 5.91 Å². The lowest BCUT2D eigenvalue weighted by atomic mass is 10.1. The summed E-state index contributed by atoms with van der Waals surface area (Å²) >= 11 is 5.86. The fourth-order valence-electron chi connectivity index (χ4n) is 2.74. The van der Waals surface area contributed by atoms with E-state index >= 15 is 0 Å². The van der Waals surface area contributed by atoms with Crippen LogP contribution in [0.3, 0.4) is 0 Å². The van der Waals surface area contributed by atoms with Gasteiger partial charge in [0.15, 0.2) is 0 Å². The summed E-state index contributed by atoms with van der Waals surface area (Å²) in [5.41, 5.74) is 0.885. The predicted molar refractivity (Wildman–Crippen MR) is 97.2 cm³/mol. The number of hydrogen-bond acceptors (Lipinski definition) is 4. The van der Waals surface area contributed by atoms with Crippen LogP contribution in [0.2, 0.25) is 5.02 Å². The molecule has 1 saturated heterocycles. The van der Waals surface area contributed by atoms with Crippen LogP contribution in [-0.4, -0.2) is 49.7 Å². The lowest BCUT2D eigenvalue weighted by Crippen LogP contribution is -2.40. The molecule has 25 heavy (non-hydrogen) atoms. The maximum atomic E-state index is 12.6. The number of carbonyl (C=O) groups is 2. The third-order valence-corrected chi connectivity index (χ3v) is 4.40. The Morgan fingerprint density at radius 3 is 2.72 bits per heavy atom. The van der Waals surface area contributed by atoms with Crippen LogP contribution in [0.15, 0.2) is 30.3 Å². The zero-order chi connectivity index (χ0) is 18.2. The molecule has 0 spiro atoms. The number of amides is 1. The Kier molecular flexibility index (Phi) is 7.47. The molecular formula is C19H24ClNO4. The predicted octanol–water partition coefficient (Wildman–Crippen LogP) is 3.17. The van der Waals surface area contributed by atoms with E-state index in [1.807, 2.05) is 12.1 Å². The molecule has 5 nitrogen and oxygen atoms in total. The van der Waals surface area contributed by atoms with Crippen LogP contribution in [0.5, 0.6) is 0 Å². The zero-order valence-electron chi connectivity index (χ0n) is 14.6. The zero-order valence-corrected chi connectivity index (χ0v) is 15.4. The second-order valence-corrected chi connectivity index (χ2v) is 6.62. The minimum atomic E-state index is -0.390. The number of ether oxygens (including phenoxy) is 2. The van der Waals surface area contributed by atoms with Gasteiger partial charge in [0.25, 0.3) is 0 Å². The Bertz CT molecular complexity index is 608. The number of benzene rings is 1. The Morgan fingerprint density at radius 2 is 2.12 bits per heavy atom. The first-order chi connectivity index (χ1) is 12.0. The van der Waals surface area contributed by atoms with Gasteiger partial charge < -0.3 is 14.4 Å². The topological polar surface area (TPSA) is 55.8 Å². The molecule has 1 heterocycles. The van der Waals surface area contributed by atoms with E-state index in [4.69, 9.17) is 21.1 Å². The van der Waals surface area contributed by atoms with Gasteiger partial charge in [-0.15, -0.1) is 0 Å². The van der Waals surface area contributed by atoms with Gasteiger partial charge in [0, 0.05) is 30.8 Å². The van der Waals surface area contributed by atoms with Crippen LogP contribution in [0.4, 0.5) is 0 Å². The van der Waals surface area contributed by atoms with Crippen LogP contribution in [0.25, 0.3) is 6.08 Å². The molecule has 6 heteroatoms. The number of esters is 1. The van der Waals surface area contributed by atoms with Crippen molar-refractivity contribution in [2.24, 2.45) is 5.92 Å². The van der Waals surface area contributed by atoms with E-state index < -0.39 is 0 Å². The van der Waals surface area contributed by atoms with E-state index in [0.29, 0.717) is 18.1 Å². The molecule has 1 aliphatic rings. The second-order valence-electron chi connectivity index (χ2n) is 6.19. The number of methoxy groups -OCH3 is 1. The lowest BCUT2D eigenvalue weighted by molar-refractivity contribution is -0.146. The fraction of sp³-hybridized carbons (Fsp3) is 0.474. The first kappa shape index (κ1) is 19.5. The summed E-state index contributed by atoms with van der Waals surface area (Å²) in [6.07, 6.45) is 5.21. The summed E-state index contributed by atoms with van der Waals surface area (Å²) in [6, 6.07) is 7.23. The van der Waals surface area contributed by atoms with Crippen molar-refractivity contribution in [3.8, 4) is 0 Å². The number of nitrogens with zero attached hydrogens (tertiary/aromatic N) is 1. The average molecular weight is 366 g/mol. The van der Waals surface area contributed by atoms with E-state index in [-0.39, 0.29) is 23.9 Å². The Hall–Kier alpha value is -1.85. The van der Waals surface area contributed by atoms with E-state index in [1.54, 1.807) is 30.0 Å². The first-order valence-electron chi connectivity index (χ1n) is 8.41. The summed E-state index contributed by atoms with van der Waals surface area (Å²) in [7, 11) is 1.35.